The lowest BCUT2D eigenvalue weighted by atomic mass is 9.95. The number of likely N-dealkylation sites (tertiary alicyclic amines) is 1. The second kappa shape index (κ2) is 6.08. The molecule has 2 aromatic heterocycles. The summed E-state index contributed by atoms with van der Waals surface area (Å²) in [5.41, 5.74) is 5.75. The first-order valence-corrected chi connectivity index (χ1v) is 7.78. The molecule has 3 heterocycles. The van der Waals surface area contributed by atoms with Crippen LogP contribution in [0.2, 0.25) is 0 Å². The number of nitrogens with two attached hydrogens (primary N) is 1. The summed E-state index contributed by atoms with van der Waals surface area (Å²) in [6, 6.07) is 5.58. The summed E-state index contributed by atoms with van der Waals surface area (Å²) in [6.45, 7) is 4.79. The molecule has 3 rings (SSSR count). The van der Waals surface area contributed by atoms with E-state index in [9.17, 15) is 4.79 Å². The molecule has 0 unspecified atom stereocenters. The molecule has 0 atom stereocenters. The van der Waals surface area contributed by atoms with Crippen LogP contribution < -0.4 is 5.73 Å². The van der Waals surface area contributed by atoms with Crippen molar-refractivity contribution in [3.05, 3.63) is 30.3 Å². The third-order valence-corrected chi connectivity index (χ3v) is 4.02. The fourth-order valence-corrected chi connectivity index (χ4v) is 2.74. The standard InChI is InChI=1S/C16H21N5O2/c1-16(2,17)15(22)21-9-6-11(7-10-21)14-19-13(20-23-14)12-5-3-4-8-18-12/h3-5,8,11H,6-7,9-10,17H2,1-2H3. The van der Waals surface area contributed by atoms with Crippen LogP contribution in [0.4, 0.5) is 0 Å². The predicted octanol–water partition coefficient (Wildman–Crippen LogP) is 1.57. The molecule has 1 fully saturated rings. The molecule has 1 aliphatic rings. The molecular formula is C16H21N5O2. The molecule has 1 saturated heterocycles. The first-order chi connectivity index (χ1) is 10.9. The van der Waals surface area contributed by atoms with Crippen LogP contribution in [0.25, 0.3) is 11.5 Å². The highest BCUT2D eigenvalue weighted by molar-refractivity contribution is 5.85. The van der Waals surface area contributed by atoms with Crippen molar-refractivity contribution in [2.24, 2.45) is 5.73 Å². The molecular weight excluding hydrogens is 294 g/mol. The monoisotopic (exact) mass is 315 g/mol. The van der Waals surface area contributed by atoms with Gasteiger partial charge in [-0.3, -0.25) is 9.78 Å². The van der Waals surface area contributed by atoms with Crippen molar-refractivity contribution >= 4 is 5.91 Å². The second-order valence-corrected chi connectivity index (χ2v) is 6.46. The fourth-order valence-electron chi connectivity index (χ4n) is 2.74. The summed E-state index contributed by atoms with van der Waals surface area (Å²) in [5.74, 6) is 1.27. The Kier molecular flexibility index (Phi) is 4.12. The predicted molar refractivity (Wildman–Crippen MR) is 84.4 cm³/mol. The largest absolute Gasteiger partial charge is 0.341 e. The maximum Gasteiger partial charge on any atom is 0.242 e. The van der Waals surface area contributed by atoms with Gasteiger partial charge in [-0.1, -0.05) is 11.2 Å². The van der Waals surface area contributed by atoms with E-state index < -0.39 is 5.54 Å². The van der Waals surface area contributed by atoms with Gasteiger partial charge in [0.25, 0.3) is 0 Å². The molecule has 2 aromatic rings. The van der Waals surface area contributed by atoms with Crippen LogP contribution in [-0.2, 0) is 4.79 Å². The van der Waals surface area contributed by atoms with E-state index >= 15 is 0 Å². The lowest BCUT2D eigenvalue weighted by Gasteiger charge is -2.34. The van der Waals surface area contributed by atoms with Crippen LogP contribution in [0.15, 0.2) is 28.9 Å². The lowest BCUT2D eigenvalue weighted by molar-refractivity contribution is -0.136. The normalized spacial score (nSPS) is 16.6. The van der Waals surface area contributed by atoms with Crippen molar-refractivity contribution in [3.63, 3.8) is 0 Å². The summed E-state index contributed by atoms with van der Waals surface area (Å²) in [7, 11) is 0. The van der Waals surface area contributed by atoms with Gasteiger partial charge in [0.1, 0.15) is 5.69 Å². The molecule has 0 spiro atoms. The molecule has 2 N–H and O–H groups in total. The fraction of sp³-hybridized carbons (Fsp3) is 0.500. The zero-order valence-electron chi connectivity index (χ0n) is 13.4. The van der Waals surface area contributed by atoms with Crippen molar-refractivity contribution < 1.29 is 9.32 Å². The van der Waals surface area contributed by atoms with E-state index in [1.165, 1.54) is 0 Å². The number of aromatic nitrogens is 3. The van der Waals surface area contributed by atoms with Crippen LogP contribution in [0.1, 0.15) is 38.5 Å². The molecule has 0 radical (unpaired) electrons. The number of carbonyl (C=O) groups excluding carboxylic acids is 1. The van der Waals surface area contributed by atoms with Crippen LogP contribution >= 0.6 is 0 Å². The molecule has 7 heteroatoms. The van der Waals surface area contributed by atoms with Gasteiger partial charge < -0.3 is 15.2 Å². The molecule has 1 aliphatic heterocycles. The average molecular weight is 315 g/mol. The summed E-state index contributed by atoms with van der Waals surface area (Å²) in [5, 5.41) is 4.01. The number of hydrogen-bond acceptors (Lipinski definition) is 6. The van der Waals surface area contributed by atoms with Crippen LogP contribution in [0.3, 0.4) is 0 Å². The van der Waals surface area contributed by atoms with Crippen molar-refractivity contribution in [2.75, 3.05) is 13.1 Å². The number of carbonyl (C=O) groups is 1. The quantitative estimate of drug-likeness (QED) is 0.923. The van der Waals surface area contributed by atoms with E-state index in [4.69, 9.17) is 10.3 Å². The Hall–Kier alpha value is -2.28. The second-order valence-electron chi connectivity index (χ2n) is 6.46. The van der Waals surface area contributed by atoms with Gasteiger partial charge in [-0.05, 0) is 38.8 Å². The minimum absolute atomic E-state index is 0.0179. The highest BCUT2D eigenvalue weighted by atomic mass is 16.5. The molecule has 0 aromatic carbocycles. The van der Waals surface area contributed by atoms with E-state index in [0.29, 0.717) is 30.5 Å². The van der Waals surface area contributed by atoms with Gasteiger partial charge >= 0.3 is 0 Å². The van der Waals surface area contributed by atoms with Crippen molar-refractivity contribution in [2.45, 2.75) is 38.1 Å². The Morgan fingerprint density at radius 3 is 2.70 bits per heavy atom. The Morgan fingerprint density at radius 2 is 2.09 bits per heavy atom. The van der Waals surface area contributed by atoms with E-state index in [1.807, 2.05) is 23.1 Å². The highest BCUT2D eigenvalue weighted by Crippen LogP contribution is 2.28. The van der Waals surface area contributed by atoms with E-state index in [-0.39, 0.29) is 11.8 Å². The van der Waals surface area contributed by atoms with Crippen LogP contribution in [-0.4, -0.2) is 44.6 Å². The summed E-state index contributed by atoms with van der Waals surface area (Å²) >= 11 is 0. The minimum Gasteiger partial charge on any atom is -0.341 e. The lowest BCUT2D eigenvalue weighted by Crippen LogP contribution is -2.53. The van der Waals surface area contributed by atoms with Gasteiger partial charge in [-0.15, -0.1) is 0 Å². The number of hydrogen-bond donors (Lipinski definition) is 1. The summed E-state index contributed by atoms with van der Waals surface area (Å²) < 4.78 is 5.39. The maximum atomic E-state index is 12.2. The van der Waals surface area contributed by atoms with Crippen LogP contribution in [0, 0.1) is 0 Å². The third-order valence-electron chi connectivity index (χ3n) is 4.02. The number of nitrogens with zero attached hydrogens (tertiary/aromatic N) is 4. The molecule has 23 heavy (non-hydrogen) atoms. The molecule has 0 aliphatic carbocycles. The van der Waals surface area contributed by atoms with Gasteiger partial charge in [0.05, 0.1) is 5.54 Å². The smallest absolute Gasteiger partial charge is 0.242 e. The third kappa shape index (κ3) is 3.39. The Balaban J connectivity index is 1.65. The zero-order chi connectivity index (χ0) is 16.4. The molecule has 7 nitrogen and oxygen atoms in total. The van der Waals surface area contributed by atoms with Gasteiger partial charge in [-0.25, -0.2) is 0 Å². The number of pyridine rings is 1. The number of amides is 1. The van der Waals surface area contributed by atoms with E-state index in [2.05, 4.69) is 15.1 Å². The van der Waals surface area contributed by atoms with E-state index in [0.717, 1.165) is 12.8 Å². The Labute approximate surface area is 134 Å². The van der Waals surface area contributed by atoms with Crippen LogP contribution in [0.5, 0.6) is 0 Å². The number of piperidine rings is 1. The van der Waals surface area contributed by atoms with Gasteiger partial charge in [-0.2, -0.15) is 4.98 Å². The highest BCUT2D eigenvalue weighted by Gasteiger charge is 2.32. The topological polar surface area (TPSA) is 98.1 Å². The van der Waals surface area contributed by atoms with Crippen molar-refractivity contribution in [3.8, 4) is 11.5 Å². The molecule has 122 valence electrons. The van der Waals surface area contributed by atoms with Crippen molar-refractivity contribution in [1.29, 1.82) is 0 Å². The minimum atomic E-state index is -0.830. The Bertz CT molecular complexity index is 669. The van der Waals surface area contributed by atoms with Gasteiger partial charge in [0.2, 0.25) is 17.6 Å². The van der Waals surface area contributed by atoms with Crippen molar-refractivity contribution in [1.82, 2.24) is 20.0 Å². The molecule has 0 saturated carbocycles. The van der Waals surface area contributed by atoms with E-state index in [1.54, 1.807) is 20.0 Å². The maximum absolute atomic E-state index is 12.2. The molecule has 1 amide bonds. The zero-order valence-corrected chi connectivity index (χ0v) is 13.4. The molecule has 0 bridgehead atoms. The SMILES string of the molecule is CC(C)(N)C(=O)N1CCC(c2nc(-c3ccccn3)no2)CC1. The first-order valence-electron chi connectivity index (χ1n) is 7.78. The first kappa shape index (κ1) is 15.6. The van der Waals surface area contributed by atoms with Gasteiger partial charge in [0, 0.05) is 25.2 Å². The Morgan fingerprint density at radius 1 is 1.35 bits per heavy atom. The summed E-state index contributed by atoms with van der Waals surface area (Å²) in [6.07, 6.45) is 3.29. The number of rotatable bonds is 3. The summed E-state index contributed by atoms with van der Waals surface area (Å²) in [4.78, 5) is 22.7. The average Bonchev–Trinajstić information content (AvgIpc) is 3.04. The van der Waals surface area contributed by atoms with Gasteiger partial charge in [0.15, 0.2) is 0 Å².